The summed E-state index contributed by atoms with van der Waals surface area (Å²) in [5, 5.41) is 44.0. The molecule has 0 radical (unpaired) electrons. The Morgan fingerprint density at radius 3 is 1.97 bits per heavy atom. The summed E-state index contributed by atoms with van der Waals surface area (Å²) >= 11 is 1.49. The van der Waals surface area contributed by atoms with Crippen LogP contribution in [0.15, 0.2) is 24.3 Å². The molecule has 1 aromatic rings. The monoisotopic (exact) mass is 528 g/mol. The maximum absolute atomic E-state index is 13.0. The molecule has 0 saturated carbocycles. The number of aliphatic hydroxyl groups excluding tert-OH is 1. The van der Waals surface area contributed by atoms with E-state index in [-0.39, 0.29) is 12.2 Å². The van der Waals surface area contributed by atoms with Gasteiger partial charge in [0.25, 0.3) is 0 Å². The number of phenols is 1. The number of aromatic hydroxyl groups is 1. The first-order valence-electron chi connectivity index (χ1n) is 11.0. The van der Waals surface area contributed by atoms with Crippen molar-refractivity contribution >= 4 is 41.4 Å². The number of thioether (sulfide) groups is 1. The minimum absolute atomic E-state index is 0.00391. The fraction of sp³-hybridized carbons (Fsp3) is 0.500. The van der Waals surface area contributed by atoms with Crippen LogP contribution in [0.4, 0.5) is 0 Å². The molecule has 0 aliphatic carbocycles. The van der Waals surface area contributed by atoms with Crippen molar-refractivity contribution < 1.29 is 44.4 Å². The molecule has 13 nitrogen and oxygen atoms in total. The number of carboxylic acids is 2. The molecule has 4 unspecified atom stereocenters. The van der Waals surface area contributed by atoms with Gasteiger partial charge in [-0.1, -0.05) is 12.1 Å². The van der Waals surface area contributed by atoms with Crippen LogP contribution in [0.3, 0.4) is 0 Å². The molecular weight excluding hydrogens is 496 g/mol. The van der Waals surface area contributed by atoms with Gasteiger partial charge in [0.1, 0.15) is 23.9 Å². The fourth-order valence-electron chi connectivity index (χ4n) is 3.00. The molecule has 0 heterocycles. The Bertz CT molecular complexity index is 913. The zero-order valence-corrected chi connectivity index (χ0v) is 20.5. The molecule has 36 heavy (non-hydrogen) atoms. The van der Waals surface area contributed by atoms with Gasteiger partial charge in [-0.2, -0.15) is 11.8 Å². The molecule has 0 saturated heterocycles. The molecule has 200 valence electrons. The van der Waals surface area contributed by atoms with Gasteiger partial charge in [-0.3, -0.25) is 19.2 Å². The zero-order valence-electron chi connectivity index (χ0n) is 19.7. The molecule has 14 heteroatoms. The van der Waals surface area contributed by atoms with Crippen LogP contribution in [0.1, 0.15) is 24.8 Å². The summed E-state index contributed by atoms with van der Waals surface area (Å²) in [5.74, 6) is -4.63. The number of rotatable bonds is 16. The lowest BCUT2D eigenvalue weighted by Crippen LogP contribution is -2.58. The van der Waals surface area contributed by atoms with Crippen molar-refractivity contribution in [1.29, 1.82) is 0 Å². The van der Waals surface area contributed by atoms with Gasteiger partial charge in [0.05, 0.1) is 12.6 Å². The number of hydrogen-bond acceptors (Lipinski definition) is 9. The molecule has 0 aliphatic rings. The molecule has 3 amide bonds. The minimum Gasteiger partial charge on any atom is -0.508 e. The summed E-state index contributed by atoms with van der Waals surface area (Å²) in [6.07, 6.45) is 1.24. The van der Waals surface area contributed by atoms with Crippen molar-refractivity contribution in [3.63, 3.8) is 0 Å². The standard InChI is InChI=1S/C22H32N4O9S/c1-36-9-8-14(23)19(31)25-16(10-12-2-4-13(28)5-3-12)20(32)26-17(11-27)21(33)24-15(22(34)35)6-7-18(29)30/h2-5,14-17,27-28H,6-11,23H2,1H3,(H,24,33)(H,25,31)(H,26,32)(H,29,30)(H,34,35). The summed E-state index contributed by atoms with van der Waals surface area (Å²) < 4.78 is 0. The number of aliphatic carboxylic acids is 2. The van der Waals surface area contributed by atoms with Gasteiger partial charge in [-0.25, -0.2) is 4.79 Å². The van der Waals surface area contributed by atoms with Crippen LogP contribution < -0.4 is 21.7 Å². The first-order chi connectivity index (χ1) is 17.0. The van der Waals surface area contributed by atoms with Gasteiger partial charge >= 0.3 is 11.9 Å². The fourth-order valence-corrected chi connectivity index (χ4v) is 3.49. The second-order valence-corrected chi connectivity index (χ2v) is 8.88. The van der Waals surface area contributed by atoms with Crippen LogP contribution in [0.5, 0.6) is 5.75 Å². The van der Waals surface area contributed by atoms with E-state index in [9.17, 15) is 39.3 Å². The van der Waals surface area contributed by atoms with E-state index >= 15 is 0 Å². The molecule has 4 atom stereocenters. The van der Waals surface area contributed by atoms with Crippen LogP contribution >= 0.6 is 11.8 Å². The molecule has 0 aromatic heterocycles. The zero-order chi connectivity index (χ0) is 27.3. The maximum atomic E-state index is 13.0. The van der Waals surface area contributed by atoms with Crippen molar-refractivity contribution in [3.05, 3.63) is 29.8 Å². The predicted molar refractivity (Wildman–Crippen MR) is 130 cm³/mol. The number of amides is 3. The number of phenolic OH excluding ortho intramolecular Hbond substituents is 1. The molecule has 1 rings (SSSR count). The van der Waals surface area contributed by atoms with Crippen molar-refractivity contribution in [2.45, 2.75) is 49.9 Å². The average Bonchev–Trinajstić information content (AvgIpc) is 2.83. The Morgan fingerprint density at radius 1 is 0.889 bits per heavy atom. The van der Waals surface area contributed by atoms with E-state index in [2.05, 4.69) is 16.0 Å². The van der Waals surface area contributed by atoms with Crippen molar-refractivity contribution in [2.75, 3.05) is 18.6 Å². The van der Waals surface area contributed by atoms with Gasteiger partial charge < -0.3 is 42.1 Å². The molecule has 0 bridgehead atoms. The summed E-state index contributed by atoms with van der Waals surface area (Å²) in [6, 6.07) is 0.612. The average molecular weight is 529 g/mol. The number of carbonyl (C=O) groups excluding carboxylic acids is 3. The molecule has 1 aromatic carbocycles. The molecular formula is C22H32N4O9S. The Hall–Kier alpha value is -3.36. The lowest BCUT2D eigenvalue weighted by atomic mass is 10.0. The SMILES string of the molecule is CSCCC(N)C(=O)NC(Cc1ccc(O)cc1)C(=O)NC(CO)C(=O)NC(CCC(=O)O)C(=O)O. The predicted octanol–water partition coefficient (Wildman–Crippen LogP) is -1.59. The first kappa shape index (κ1) is 30.7. The van der Waals surface area contributed by atoms with E-state index in [0.717, 1.165) is 0 Å². The Morgan fingerprint density at radius 2 is 1.44 bits per heavy atom. The van der Waals surface area contributed by atoms with Crippen molar-refractivity contribution in [2.24, 2.45) is 5.73 Å². The van der Waals surface area contributed by atoms with Crippen LogP contribution in [0.2, 0.25) is 0 Å². The van der Waals surface area contributed by atoms with Crippen LogP contribution in [-0.2, 0) is 30.4 Å². The summed E-state index contributed by atoms with van der Waals surface area (Å²) in [5.41, 5.74) is 6.45. The highest BCUT2D eigenvalue weighted by atomic mass is 32.2. The van der Waals surface area contributed by atoms with E-state index in [0.29, 0.717) is 17.7 Å². The van der Waals surface area contributed by atoms with Crippen molar-refractivity contribution in [3.8, 4) is 5.75 Å². The number of aliphatic hydroxyl groups is 1. The van der Waals surface area contributed by atoms with Gasteiger partial charge in [-0.15, -0.1) is 0 Å². The second-order valence-electron chi connectivity index (χ2n) is 7.90. The van der Waals surface area contributed by atoms with Gasteiger partial charge in [0, 0.05) is 12.8 Å². The second kappa shape index (κ2) is 15.6. The highest BCUT2D eigenvalue weighted by Crippen LogP contribution is 2.12. The van der Waals surface area contributed by atoms with Crippen LogP contribution in [0, 0.1) is 0 Å². The van der Waals surface area contributed by atoms with Crippen molar-refractivity contribution in [1.82, 2.24) is 16.0 Å². The lowest BCUT2D eigenvalue weighted by molar-refractivity contribution is -0.143. The first-order valence-corrected chi connectivity index (χ1v) is 12.4. The third-order valence-electron chi connectivity index (χ3n) is 5.06. The van der Waals surface area contributed by atoms with E-state index in [1.165, 1.54) is 36.0 Å². The van der Waals surface area contributed by atoms with E-state index < -0.39 is 73.3 Å². The number of nitrogens with one attached hydrogen (secondary N) is 3. The summed E-state index contributed by atoms with van der Waals surface area (Å²) in [4.78, 5) is 60.1. The topological polar surface area (TPSA) is 228 Å². The number of nitrogens with two attached hydrogens (primary N) is 1. The third-order valence-corrected chi connectivity index (χ3v) is 5.70. The van der Waals surface area contributed by atoms with Gasteiger partial charge in [-0.05, 0) is 42.5 Å². The third kappa shape index (κ3) is 10.9. The summed E-state index contributed by atoms with van der Waals surface area (Å²) in [6.45, 7) is -0.893. The van der Waals surface area contributed by atoms with E-state index in [4.69, 9.17) is 10.8 Å². The molecule has 0 spiro atoms. The van der Waals surface area contributed by atoms with E-state index in [1.807, 2.05) is 6.26 Å². The number of hydrogen-bond donors (Lipinski definition) is 8. The minimum atomic E-state index is -1.58. The Labute approximate surface area is 211 Å². The summed E-state index contributed by atoms with van der Waals surface area (Å²) in [7, 11) is 0. The highest BCUT2D eigenvalue weighted by Gasteiger charge is 2.30. The number of carbonyl (C=O) groups is 5. The van der Waals surface area contributed by atoms with Crippen LogP contribution in [-0.4, -0.2) is 92.9 Å². The van der Waals surface area contributed by atoms with E-state index in [1.54, 1.807) is 0 Å². The molecule has 0 fully saturated rings. The molecule has 0 aliphatic heterocycles. The van der Waals surface area contributed by atoms with Gasteiger partial charge in [0.2, 0.25) is 17.7 Å². The lowest BCUT2D eigenvalue weighted by Gasteiger charge is -2.24. The normalized spacial score (nSPS) is 14.1. The molecule has 9 N–H and O–H groups in total. The number of benzene rings is 1. The Kier molecular flexibility index (Phi) is 13.3. The van der Waals surface area contributed by atoms with Gasteiger partial charge in [0.15, 0.2) is 0 Å². The maximum Gasteiger partial charge on any atom is 0.326 e. The number of carboxylic acid groups (broad SMARTS) is 2. The smallest absolute Gasteiger partial charge is 0.326 e. The van der Waals surface area contributed by atoms with Crippen LogP contribution in [0.25, 0.3) is 0 Å². The quantitative estimate of drug-likeness (QED) is 0.122. The Balaban J connectivity index is 2.98. The highest BCUT2D eigenvalue weighted by molar-refractivity contribution is 7.98. The largest absolute Gasteiger partial charge is 0.508 e.